The molecular weight excluding hydrogens is 194 g/mol. The molecule has 0 aromatic heterocycles. The van der Waals surface area contributed by atoms with Gasteiger partial charge in [0.1, 0.15) is 0 Å². The lowest BCUT2D eigenvalue weighted by atomic mass is 9.97. The molecule has 0 heterocycles. The number of benzene rings is 1. The molecule has 1 atom stereocenters. The first kappa shape index (κ1) is 13.0. The Morgan fingerprint density at radius 2 is 2.00 bits per heavy atom. The van der Waals surface area contributed by atoms with Crippen LogP contribution in [0.1, 0.15) is 43.5 Å². The molecule has 1 heteroatoms. The first-order valence-electron chi connectivity index (χ1n) is 6.00. The Bertz CT molecular complexity index is 373. The smallest absolute Gasteiger partial charge is 0.0511 e. The fourth-order valence-corrected chi connectivity index (χ4v) is 1.91. The van der Waals surface area contributed by atoms with E-state index in [1.54, 1.807) is 0 Å². The average Bonchev–Trinajstić information content (AvgIpc) is 2.20. The normalized spacial score (nSPS) is 12.3. The van der Waals surface area contributed by atoms with Gasteiger partial charge in [-0.3, -0.25) is 0 Å². The van der Waals surface area contributed by atoms with Crippen LogP contribution in [0.2, 0.25) is 0 Å². The molecule has 0 saturated heterocycles. The minimum absolute atomic E-state index is 0.342. The Morgan fingerprint density at radius 3 is 2.56 bits per heavy atom. The molecule has 0 aliphatic heterocycles. The largest absolute Gasteiger partial charge is 0.307 e. The molecule has 1 rings (SSSR count). The molecule has 0 amide bonds. The fraction of sp³-hybridized carbons (Fsp3) is 0.467. The van der Waals surface area contributed by atoms with Crippen molar-refractivity contribution in [3.05, 3.63) is 46.5 Å². The molecule has 0 fully saturated rings. The lowest BCUT2D eigenvalue weighted by molar-refractivity contribution is 0.641. The third kappa shape index (κ3) is 3.49. The van der Waals surface area contributed by atoms with E-state index in [2.05, 4.69) is 64.2 Å². The second-order valence-corrected chi connectivity index (χ2v) is 4.64. The van der Waals surface area contributed by atoms with Crippen molar-refractivity contribution >= 4 is 0 Å². The van der Waals surface area contributed by atoms with Crippen molar-refractivity contribution in [3.63, 3.8) is 0 Å². The Morgan fingerprint density at radius 1 is 1.31 bits per heavy atom. The van der Waals surface area contributed by atoms with Gasteiger partial charge >= 0.3 is 0 Å². The highest BCUT2D eigenvalue weighted by Crippen LogP contribution is 2.21. The summed E-state index contributed by atoms with van der Waals surface area (Å²) in [7, 11) is 0. The third-order valence-electron chi connectivity index (χ3n) is 2.69. The van der Waals surface area contributed by atoms with Gasteiger partial charge in [0.05, 0.1) is 6.04 Å². The van der Waals surface area contributed by atoms with Gasteiger partial charge in [-0.15, -0.1) is 0 Å². The van der Waals surface area contributed by atoms with E-state index < -0.39 is 0 Å². The maximum atomic E-state index is 3.52. The Labute approximate surface area is 99.6 Å². The van der Waals surface area contributed by atoms with Crippen molar-refractivity contribution in [1.29, 1.82) is 0 Å². The maximum absolute atomic E-state index is 3.52. The van der Waals surface area contributed by atoms with E-state index in [1.807, 2.05) is 0 Å². The van der Waals surface area contributed by atoms with Gasteiger partial charge in [0.2, 0.25) is 0 Å². The van der Waals surface area contributed by atoms with E-state index in [0.717, 1.165) is 6.54 Å². The highest BCUT2D eigenvalue weighted by molar-refractivity contribution is 5.35. The molecule has 0 radical (unpaired) electrons. The highest BCUT2D eigenvalue weighted by Gasteiger charge is 2.09. The first-order chi connectivity index (χ1) is 7.54. The first-order valence-corrected chi connectivity index (χ1v) is 6.00. The van der Waals surface area contributed by atoms with E-state index in [-0.39, 0.29) is 0 Å². The van der Waals surface area contributed by atoms with Gasteiger partial charge in [-0.2, -0.15) is 0 Å². The molecule has 0 bridgehead atoms. The van der Waals surface area contributed by atoms with Crippen molar-refractivity contribution < 1.29 is 0 Å². The molecular formula is C15H23N. The summed E-state index contributed by atoms with van der Waals surface area (Å²) in [4.78, 5) is 0. The Balaban J connectivity index is 3.09. The molecule has 1 nitrogen and oxygen atoms in total. The number of aryl methyl sites for hydroxylation is 2. The number of nitrogens with one attached hydrogen (secondary N) is 1. The molecule has 1 aromatic rings. The second kappa shape index (κ2) is 5.86. The van der Waals surface area contributed by atoms with Gasteiger partial charge in [-0.25, -0.2) is 0 Å². The quantitative estimate of drug-likeness (QED) is 0.754. The zero-order valence-corrected chi connectivity index (χ0v) is 11.1. The predicted molar refractivity (Wildman–Crippen MR) is 71.8 cm³/mol. The highest BCUT2D eigenvalue weighted by atomic mass is 14.9. The van der Waals surface area contributed by atoms with Gasteiger partial charge in [0, 0.05) is 0 Å². The standard InChI is InChI=1S/C15H23N/c1-6-16-15(9-11(2)3)14-10-12(4)7-8-13(14)5/h7-10,15-16H,6H2,1-5H3. The van der Waals surface area contributed by atoms with Crippen LogP contribution in [0.3, 0.4) is 0 Å². The van der Waals surface area contributed by atoms with Gasteiger partial charge in [0.15, 0.2) is 0 Å². The number of likely N-dealkylation sites (N-methyl/N-ethyl adjacent to an activating group) is 1. The van der Waals surface area contributed by atoms with Gasteiger partial charge in [-0.05, 0) is 45.4 Å². The number of hydrogen-bond acceptors (Lipinski definition) is 1. The molecule has 1 unspecified atom stereocenters. The third-order valence-corrected chi connectivity index (χ3v) is 2.69. The molecule has 16 heavy (non-hydrogen) atoms. The molecule has 1 N–H and O–H groups in total. The van der Waals surface area contributed by atoms with Gasteiger partial charge in [0.25, 0.3) is 0 Å². The van der Waals surface area contributed by atoms with Crippen LogP contribution in [0.4, 0.5) is 0 Å². The molecule has 0 saturated carbocycles. The van der Waals surface area contributed by atoms with Crippen LogP contribution in [0, 0.1) is 13.8 Å². The number of allylic oxidation sites excluding steroid dienone is 1. The number of rotatable bonds is 4. The zero-order chi connectivity index (χ0) is 12.1. The Kier molecular flexibility index (Phi) is 4.75. The van der Waals surface area contributed by atoms with Crippen LogP contribution >= 0.6 is 0 Å². The molecule has 0 spiro atoms. The average molecular weight is 217 g/mol. The van der Waals surface area contributed by atoms with Crippen molar-refractivity contribution in [2.75, 3.05) is 6.54 Å². The number of hydrogen-bond donors (Lipinski definition) is 1. The van der Waals surface area contributed by atoms with Crippen LogP contribution in [0.25, 0.3) is 0 Å². The monoisotopic (exact) mass is 217 g/mol. The molecule has 1 aromatic carbocycles. The van der Waals surface area contributed by atoms with Crippen LogP contribution in [0.5, 0.6) is 0 Å². The molecule has 0 aliphatic rings. The minimum Gasteiger partial charge on any atom is -0.307 e. The summed E-state index contributed by atoms with van der Waals surface area (Å²) in [5.41, 5.74) is 5.43. The SMILES string of the molecule is CCNC(C=C(C)C)c1cc(C)ccc1C. The van der Waals surface area contributed by atoms with Crippen LogP contribution in [-0.2, 0) is 0 Å². The van der Waals surface area contributed by atoms with E-state index in [0.29, 0.717) is 6.04 Å². The molecule has 88 valence electrons. The zero-order valence-electron chi connectivity index (χ0n) is 11.1. The summed E-state index contributed by atoms with van der Waals surface area (Å²) in [6.07, 6.45) is 2.30. The topological polar surface area (TPSA) is 12.0 Å². The lowest BCUT2D eigenvalue weighted by Gasteiger charge is -2.18. The van der Waals surface area contributed by atoms with Crippen molar-refractivity contribution in [3.8, 4) is 0 Å². The fourth-order valence-electron chi connectivity index (χ4n) is 1.91. The maximum Gasteiger partial charge on any atom is 0.0511 e. The van der Waals surface area contributed by atoms with Crippen LogP contribution in [0.15, 0.2) is 29.8 Å². The van der Waals surface area contributed by atoms with Gasteiger partial charge < -0.3 is 5.32 Å². The summed E-state index contributed by atoms with van der Waals surface area (Å²) in [5, 5.41) is 3.52. The lowest BCUT2D eigenvalue weighted by Crippen LogP contribution is -2.20. The predicted octanol–water partition coefficient (Wildman–Crippen LogP) is 3.92. The van der Waals surface area contributed by atoms with E-state index in [1.165, 1.54) is 22.3 Å². The van der Waals surface area contributed by atoms with Crippen LogP contribution < -0.4 is 5.32 Å². The van der Waals surface area contributed by atoms with E-state index in [4.69, 9.17) is 0 Å². The minimum atomic E-state index is 0.342. The van der Waals surface area contributed by atoms with Crippen molar-refractivity contribution in [1.82, 2.24) is 5.32 Å². The molecule has 0 aliphatic carbocycles. The summed E-state index contributed by atoms with van der Waals surface area (Å²) in [5.74, 6) is 0. The van der Waals surface area contributed by atoms with Gasteiger partial charge in [-0.1, -0.05) is 42.3 Å². The second-order valence-electron chi connectivity index (χ2n) is 4.64. The Hall–Kier alpha value is -1.08. The van der Waals surface area contributed by atoms with Crippen molar-refractivity contribution in [2.45, 2.75) is 40.7 Å². The summed E-state index contributed by atoms with van der Waals surface area (Å²) in [6.45, 7) is 11.8. The summed E-state index contributed by atoms with van der Waals surface area (Å²) >= 11 is 0. The summed E-state index contributed by atoms with van der Waals surface area (Å²) in [6, 6.07) is 7.00. The van der Waals surface area contributed by atoms with Crippen LogP contribution in [-0.4, -0.2) is 6.54 Å². The summed E-state index contributed by atoms with van der Waals surface area (Å²) < 4.78 is 0. The van der Waals surface area contributed by atoms with E-state index in [9.17, 15) is 0 Å². The van der Waals surface area contributed by atoms with E-state index >= 15 is 0 Å². The van der Waals surface area contributed by atoms with Crippen molar-refractivity contribution in [2.24, 2.45) is 0 Å².